The summed E-state index contributed by atoms with van der Waals surface area (Å²) < 4.78 is 11.7. The summed E-state index contributed by atoms with van der Waals surface area (Å²) in [7, 11) is 1.60. The molecule has 2 aromatic rings. The number of nitrogens with one attached hydrogen (secondary N) is 1. The Bertz CT molecular complexity index is 960. The van der Waals surface area contributed by atoms with Crippen LogP contribution >= 0.6 is 0 Å². The SMILES string of the molecule is CCOC(=O)CCC(=O)N(CC)CC(=O)Nc1cc(C(C)(C)C)nn1-c1ccc(OC)cc1. The number of methoxy groups -OCH3 is 1. The van der Waals surface area contributed by atoms with Crippen molar-refractivity contribution < 1.29 is 23.9 Å². The van der Waals surface area contributed by atoms with Crippen molar-refractivity contribution >= 4 is 23.6 Å². The van der Waals surface area contributed by atoms with Crippen molar-refractivity contribution in [3.8, 4) is 11.4 Å². The number of benzene rings is 1. The zero-order chi connectivity index (χ0) is 24.6. The minimum Gasteiger partial charge on any atom is -0.497 e. The summed E-state index contributed by atoms with van der Waals surface area (Å²) >= 11 is 0. The third-order valence-corrected chi connectivity index (χ3v) is 4.98. The lowest BCUT2D eigenvalue weighted by atomic mass is 9.92. The molecule has 0 fully saturated rings. The first kappa shape index (κ1) is 25.9. The minimum absolute atomic E-state index is 0.00208. The third kappa shape index (κ3) is 7.34. The van der Waals surface area contributed by atoms with E-state index in [0.29, 0.717) is 18.1 Å². The number of anilines is 1. The van der Waals surface area contributed by atoms with Gasteiger partial charge in [0.05, 0.1) is 38.1 Å². The van der Waals surface area contributed by atoms with E-state index in [0.717, 1.165) is 11.4 Å². The summed E-state index contributed by atoms with van der Waals surface area (Å²) in [6.07, 6.45) is -0.0120. The zero-order valence-corrected chi connectivity index (χ0v) is 20.3. The second kappa shape index (κ2) is 11.5. The molecule has 33 heavy (non-hydrogen) atoms. The van der Waals surface area contributed by atoms with E-state index in [1.807, 2.05) is 51.1 Å². The molecule has 2 rings (SSSR count). The van der Waals surface area contributed by atoms with Gasteiger partial charge in [-0.15, -0.1) is 0 Å². The molecule has 0 bridgehead atoms. The lowest BCUT2D eigenvalue weighted by Crippen LogP contribution is -2.38. The predicted octanol–water partition coefficient (Wildman–Crippen LogP) is 3.31. The van der Waals surface area contributed by atoms with Gasteiger partial charge in [-0.05, 0) is 38.1 Å². The minimum atomic E-state index is -0.426. The number of hydrogen-bond donors (Lipinski definition) is 1. The maximum absolute atomic E-state index is 12.8. The topological polar surface area (TPSA) is 103 Å². The van der Waals surface area contributed by atoms with Crippen LogP contribution in [0, 0.1) is 0 Å². The van der Waals surface area contributed by atoms with Crippen LogP contribution in [0.4, 0.5) is 5.82 Å². The monoisotopic (exact) mass is 458 g/mol. The number of hydrogen-bond acceptors (Lipinski definition) is 6. The number of carbonyl (C=O) groups is 3. The molecule has 0 radical (unpaired) electrons. The summed E-state index contributed by atoms with van der Waals surface area (Å²) in [6.45, 7) is 10.1. The fraction of sp³-hybridized carbons (Fsp3) is 0.500. The van der Waals surface area contributed by atoms with Crippen LogP contribution in [0.25, 0.3) is 5.69 Å². The molecule has 0 unspecified atom stereocenters. The normalized spacial score (nSPS) is 11.1. The molecule has 0 saturated carbocycles. The van der Waals surface area contributed by atoms with Crippen molar-refractivity contribution in [3.05, 3.63) is 36.0 Å². The average Bonchev–Trinajstić information content (AvgIpc) is 3.20. The van der Waals surface area contributed by atoms with E-state index in [1.54, 1.807) is 25.6 Å². The van der Waals surface area contributed by atoms with Crippen molar-refractivity contribution in [2.75, 3.05) is 32.1 Å². The molecule has 180 valence electrons. The van der Waals surface area contributed by atoms with E-state index in [-0.39, 0.29) is 43.2 Å². The molecular formula is C24H34N4O5. The second-order valence-corrected chi connectivity index (χ2v) is 8.54. The molecule has 9 heteroatoms. The largest absolute Gasteiger partial charge is 0.497 e. The van der Waals surface area contributed by atoms with Crippen molar-refractivity contribution in [1.82, 2.24) is 14.7 Å². The van der Waals surface area contributed by atoms with Gasteiger partial charge in [0.25, 0.3) is 0 Å². The number of esters is 1. The van der Waals surface area contributed by atoms with Gasteiger partial charge in [0, 0.05) is 24.4 Å². The Labute approximate surface area is 195 Å². The zero-order valence-electron chi connectivity index (χ0n) is 20.3. The molecule has 0 aliphatic carbocycles. The predicted molar refractivity (Wildman–Crippen MR) is 126 cm³/mol. The van der Waals surface area contributed by atoms with Gasteiger partial charge >= 0.3 is 5.97 Å². The van der Waals surface area contributed by atoms with E-state index < -0.39 is 5.97 Å². The lowest BCUT2D eigenvalue weighted by Gasteiger charge is -2.20. The lowest BCUT2D eigenvalue weighted by molar-refractivity contribution is -0.145. The third-order valence-electron chi connectivity index (χ3n) is 4.98. The Morgan fingerprint density at radius 2 is 1.76 bits per heavy atom. The molecule has 0 saturated heterocycles. The molecular weight excluding hydrogens is 424 g/mol. The summed E-state index contributed by atoms with van der Waals surface area (Å²) in [5, 5.41) is 7.57. The van der Waals surface area contributed by atoms with Gasteiger partial charge in [-0.25, -0.2) is 4.68 Å². The molecule has 1 aromatic heterocycles. The summed E-state index contributed by atoms with van der Waals surface area (Å²) in [5.41, 5.74) is 1.35. The molecule has 9 nitrogen and oxygen atoms in total. The number of rotatable bonds is 10. The van der Waals surface area contributed by atoms with Gasteiger partial charge in [0.1, 0.15) is 11.6 Å². The Kier molecular flexibility index (Phi) is 9.02. The van der Waals surface area contributed by atoms with E-state index >= 15 is 0 Å². The fourth-order valence-corrected chi connectivity index (χ4v) is 3.09. The molecule has 1 heterocycles. The van der Waals surface area contributed by atoms with Crippen LogP contribution in [0.15, 0.2) is 30.3 Å². The number of likely N-dealkylation sites (N-methyl/N-ethyl adjacent to an activating group) is 1. The first-order valence-electron chi connectivity index (χ1n) is 11.1. The Morgan fingerprint density at radius 1 is 1.09 bits per heavy atom. The first-order valence-corrected chi connectivity index (χ1v) is 11.1. The van der Waals surface area contributed by atoms with Crippen LogP contribution in [-0.2, 0) is 24.5 Å². The van der Waals surface area contributed by atoms with Crippen LogP contribution in [0.1, 0.15) is 53.2 Å². The summed E-state index contributed by atoms with van der Waals surface area (Å²) in [5.74, 6) is 0.165. The van der Waals surface area contributed by atoms with Crippen molar-refractivity contribution in [1.29, 1.82) is 0 Å². The van der Waals surface area contributed by atoms with Crippen LogP contribution < -0.4 is 10.1 Å². The molecule has 2 amide bonds. The summed E-state index contributed by atoms with van der Waals surface area (Å²) in [4.78, 5) is 38.2. The maximum Gasteiger partial charge on any atom is 0.306 e. The van der Waals surface area contributed by atoms with Crippen molar-refractivity contribution in [2.24, 2.45) is 0 Å². The number of ether oxygens (including phenoxy) is 2. The van der Waals surface area contributed by atoms with E-state index in [9.17, 15) is 14.4 Å². The van der Waals surface area contributed by atoms with Crippen LogP contribution in [-0.4, -0.2) is 59.3 Å². The van der Waals surface area contributed by atoms with Gasteiger partial charge in [-0.2, -0.15) is 5.10 Å². The highest BCUT2D eigenvalue weighted by atomic mass is 16.5. The van der Waals surface area contributed by atoms with Crippen molar-refractivity contribution in [3.63, 3.8) is 0 Å². The number of carbonyl (C=O) groups excluding carboxylic acids is 3. The van der Waals surface area contributed by atoms with Gasteiger partial charge in [0.15, 0.2) is 0 Å². The Hall–Kier alpha value is -3.36. The van der Waals surface area contributed by atoms with Gasteiger partial charge in [-0.3, -0.25) is 14.4 Å². The van der Waals surface area contributed by atoms with E-state index in [2.05, 4.69) is 5.32 Å². The molecule has 1 N–H and O–H groups in total. The highest BCUT2D eigenvalue weighted by molar-refractivity contribution is 5.94. The van der Waals surface area contributed by atoms with Gasteiger partial charge in [0.2, 0.25) is 11.8 Å². The Morgan fingerprint density at radius 3 is 2.30 bits per heavy atom. The van der Waals surface area contributed by atoms with Crippen LogP contribution in [0.5, 0.6) is 5.75 Å². The number of amides is 2. The van der Waals surface area contributed by atoms with E-state index in [4.69, 9.17) is 14.6 Å². The van der Waals surface area contributed by atoms with Gasteiger partial charge in [-0.1, -0.05) is 20.8 Å². The molecule has 1 aromatic carbocycles. The first-order chi connectivity index (χ1) is 15.6. The maximum atomic E-state index is 12.8. The molecule has 0 atom stereocenters. The second-order valence-electron chi connectivity index (χ2n) is 8.54. The average molecular weight is 459 g/mol. The van der Waals surface area contributed by atoms with Crippen molar-refractivity contribution in [2.45, 2.75) is 52.9 Å². The Balaban J connectivity index is 2.17. The van der Waals surface area contributed by atoms with E-state index in [1.165, 1.54) is 4.90 Å². The highest BCUT2D eigenvalue weighted by Crippen LogP contribution is 2.27. The number of aromatic nitrogens is 2. The number of nitrogens with zero attached hydrogens (tertiary/aromatic N) is 3. The van der Waals surface area contributed by atoms with Crippen LogP contribution in [0.3, 0.4) is 0 Å². The fourth-order valence-electron chi connectivity index (χ4n) is 3.09. The van der Waals surface area contributed by atoms with Crippen LogP contribution in [0.2, 0.25) is 0 Å². The summed E-state index contributed by atoms with van der Waals surface area (Å²) in [6, 6.07) is 9.18. The molecule has 0 aliphatic rings. The molecule has 0 spiro atoms. The van der Waals surface area contributed by atoms with Gasteiger partial charge < -0.3 is 19.7 Å². The molecule has 0 aliphatic heterocycles. The quantitative estimate of drug-likeness (QED) is 0.548. The standard InChI is InChI=1S/C24H34N4O5/c1-7-27(22(30)13-14-23(31)33-8-2)16-21(29)25-20-15-19(24(3,4)5)26-28(20)17-9-11-18(32-6)12-10-17/h9-12,15H,7-8,13-14,16H2,1-6H3,(H,25,29). The highest BCUT2D eigenvalue weighted by Gasteiger charge is 2.23. The smallest absolute Gasteiger partial charge is 0.306 e.